The van der Waals surface area contributed by atoms with E-state index in [-0.39, 0.29) is 12.6 Å². The fourth-order valence-electron chi connectivity index (χ4n) is 3.43. The molecule has 2 N–H and O–H groups in total. The first-order chi connectivity index (χ1) is 11.0. The van der Waals surface area contributed by atoms with E-state index in [4.69, 9.17) is 4.74 Å². The zero-order valence-electron chi connectivity index (χ0n) is 13.5. The third-order valence-electron chi connectivity index (χ3n) is 4.82. The molecule has 6 heteroatoms. The number of halogens is 1. The van der Waals surface area contributed by atoms with Crippen LogP contribution in [-0.4, -0.2) is 29.8 Å². The summed E-state index contributed by atoms with van der Waals surface area (Å²) in [6.07, 6.45) is 6.79. The summed E-state index contributed by atoms with van der Waals surface area (Å²) in [5.41, 5.74) is 1.43. The molecular weight excluding hydrogens is 297 g/mol. The lowest BCUT2D eigenvalue weighted by Crippen LogP contribution is -2.55. The van der Waals surface area contributed by atoms with E-state index in [0.29, 0.717) is 23.9 Å². The van der Waals surface area contributed by atoms with Crippen LogP contribution < -0.4 is 15.4 Å². The number of nitrogens with zero attached hydrogens (tertiary/aromatic N) is 1. The molecule has 2 aliphatic rings. The van der Waals surface area contributed by atoms with Crippen molar-refractivity contribution in [3.05, 3.63) is 23.9 Å². The van der Waals surface area contributed by atoms with Gasteiger partial charge in [0.25, 0.3) is 0 Å². The van der Waals surface area contributed by atoms with Crippen molar-refractivity contribution < 1.29 is 13.9 Å². The number of pyridine rings is 1. The highest BCUT2D eigenvalue weighted by Crippen LogP contribution is 2.55. The number of hydrogen-bond donors (Lipinski definition) is 2. The molecule has 0 bridgehead atoms. The van der Waals surface area contributed by atoms with Crippen LogP contribution in [0.15, 0.2) is 18.3 Å². The first-order valence-electron chi connectivity index (χ1n) is 8.31. The summed E-state index contributed by atoms with van der Waals surface area (Å²) in [7, 11) is 0. The smallest absolute Gasteiger partial charge is 0.315 e. The maximum Gasteiger partial charge on any atom is 0.315 e. The highest BCUT2D eigenvalue weighted by atomic mass is 19.1. The molecule has 1 aromatic rings. The lowest BCUT2D eigenvalue weighted by Gasteiger charge is -2.54. The van der Waals surface area contributed by atoms with Crippen molar-refractivity contribution in [1.29, 1.82) is 0 Å². The van der Waals surface area contributed by atoms with Gasteiger partial charge in [0.15, 0.2) is 0 Å². The summed E-state index contributed by atoms with van der Waals surface area (Å²) in [6, 6.07) is 3.70. The maximum absolute atomic E-state index is 12.8. The van der Waals surface area contributed by atoms with Crippen molar-refractivity contribution in [2.75, 3.05) is 6.61 Å². The molecule has 0 saturated heterocycles. The minimum atomic E-state index is -1.04. The molecule has 1 heterocycles. The number of urea groups is 1. The van der Waals surface area contributed by atoms with Crippen LogP contribution in [0, 0.1) is 5.41 Å². The van der Waals surface area contributed by atoms with Crippen LogP contribution >= 0.6 is 0 Å². The standard InChI is InChI=1S/C17H24FN3O2/c1-12(18)11-23-15-7-13(3-6-19-15)10-20-16(22)21-14-8-17(9-14)4-2-5-17/h3,6-7,12,14H,2,4-5,8-11H2,1H3,(H2,20,21,22). The molecule has 1 atom stereocenters. The molecule has 0 aromatic carbocycles. The molecule has 5 nitrogen and oxygen atoms in total. The number of alkyl halides is 1. The molecule has 2 aliphatic carbocycles. The average Bonchev–Trinajstić information content (AvgIpc) is 2.45. The van der Waals surface area contributed by atoms with Crippen LogP contribution in [-0.2, 0) is 6.54 Å². The topological polar surface area (TPSA) is 63.2 Å². The monoisotopic (exact) mass is 321 g/mol. The van der Waals surface area contributed by atoms with E-state index in [2.05, 4.69) is 15.6 Å². The fourth-order valence-corrected chi connectivity index (χ4v) is 3.43. The first kappa shape index (κ1) is 16.0. The molecule has 2 fully saturated rings. The van der Waals surface area contributed by atoms with Crippen molar-refractivity contribution in [2.45, 2.75) is 57.8 Å². The van der Waals surface area contributed by atoms with E-state index < -0.39 is 6.17 Å². The van der Waals surface area contributed by atoms with Crippen LogP contribution in [0.5, 0.6) is 5.88 Å². The summed E-state index contributed by atoms with van der Waals surface area (Å²) >= 11 is 0. The molecule has 23 heavy (non-hydrogen) atoms. The van der Waals surface area contributed by atoms with Gasteiger partial charge in [0, 0.05) is 24.8 Å². The Morgan fingerprint density at radius 1 is 1.52 bits per heavy atom. The van der Waals surface area contributed by atoms with Gasteiger partial charge >= 0.3 is 6.03 Å². The molecular formula is C17H24FN3O2. The Morgan fingerprint density at radius 3 is 2.96 bits per heavy atom. The average molecular weight is 321 g/mol. The van der Waals surface area contributed by atoms with Gasteiger partial charge in [-0.15, -0.1) is 0 Å². The van der Waals surface area contributed by atoms with Crippen molar-refractivity contribution >= 4 is 6.03 Å². The van der Waals surface area contributed by atoms with Gasteiger partial charge in [-0.3, -0.25) is 0 Å². The zero-order chi connectivity index (χ0) is 16.3. The number of amides is 2. The van der Waals surface area contributed by atoms with E-state index in [1.807, 2.05) is 0 Å². The van der Waals surface area contributed by atoms with Gasteiger partial charge in [0.05, 0.1) is 0 Å². The molecule has 1 aromatic heterocycles. The third-order valence-corrected chi connectivity index (χ3v) is 4.82. The molecule has 1 spiro atoms. The number of carbonyl (C=O) groups is 1. The van der Waals surface area contributed by atoms with Crippen molar-refractivity contribution in [3.8, 4) is 5.88 Å². The van der Waals surface area contributed by atoms with Crippen LogP contribution in [0.1, 0.15) is 44.6 Å². The quantitative estimate of drug-likeness (QED) is 0.847. The van der Waals surface area contributed by atoms with E-state index in [0.717, 1.165) is 18.4 Å². The Bertz CT molecular complexity index is 553. The maximum atomic E-state index is 12.8. The summed E-state index contributed by atoms with van der Waals surface area (Å²) < 4.78 is 18.0. The minimum Gasteiger partial charge on any atom is -0.475 e. The Labute approximate surface area is 136 Å². The van der Waals surface area contributed by atoms with Gasteiger partial charge in [-0.1, -0.05) is 6.42 Å². The number of carbonyl (C=O) groups excluding carboxylic acids is 1. The summed E-state index contributed by atoms with van der Waals surface area (Å²) in [5, 5.41) is 5.86. The molecule has 2 amide bonds. The van der Waals surface area contributed by atoms with Gasteiger partial charge in [-0.05, 0) is 49.7 Å². The van der Waals surface area contributed by atoms with E-state index in [9.17, 15) is 9.18 Å². The summed E-state index contributed by atoms with van der Waals surface area (Å²) in [5.74, 6) is 0.375. The van der Waals surface area contributed by atoms with E-state index in [1.54, 1.807) is 18.3 Å². The van der Waals surface area contributed by atoms with Gasteiger partial charge in [0.2, 0.25) is 5.88 Å². The molecule has 126 valence electrons. The predicted octanol–water partition coefficient (Wildman–Crippen LogP) is 2.95. The van der Waals surface area contributed by atoms with Crippen LogP contribution in [0.4, 0.5) is 9.18 Å². The lowest BCUT2D eigenvalue weighted by molar-refractivity contribution is 0.00225. The van der Waals surface area contributed by atoms with Crippen molar-refractivity contribution in [3.63, 3.8) is 0 Å². The zero-order valence-corrected chi connectivity index (χ0v) is 13.5. The number of aromatic nitrogens is 1. The number of hydrogen-bond acceptors (Lipinski definition) is 3. The molecule has 0 radical (unpaired) electrons. The van der Waals surface area contributed by atoms with Crippen LogP contribution in [0.25, 0.3) is 0 Å². The Balaban J connectivity index is 1.39. The van der Waals surface area contributed by atoms with Gasteiger partial charge in [-0.25, -0.2) is 14.2 Å². The highest BCUT2D eigenvalue weighted by molar-refractivity contribution is 5.74. The minimum absolute atomic E-state index is 0.0200. The fraction of sp³-hybridized carbons (Fsp3) is 0.647. The Hall–Kier alpha value is -1.85. The van der Waals surface area contributed by atoms with Gasteiger partial charge in [-0.2, -0.15) is 0 Å². The molecule has 2 saturated carbocycles. The van der Waals surface area contributed by atoms with E-state index in [1.165, 1.54) is 26.2 Å². The second-order valence-electron chi connectivity index (χ2n) is 6.88. The van der Waals surface area contributed by atoms with Crippen molar-refractivity contribution in [1.82, 2.24) is 15.6 Å². The first-order valence-corrected chi connectivity index (χ1v) is 8.31. The second kappa shape index (κ2) is 6.72. The normalized spacial score (nSPS) is 20.3. The largest absolute Gasteiger partial charge is 0.475 e. The number of ether oxygens (including phenoxy) is 1. The van der Waals surface area contributed by atoms with Gasteiger partial charge in [0.1, 0.15) is 12.8 Å². The van der Waals surface area contributed by atoms with Crippen LogP contribution in [0.3, 0.4) is 0 Å². The number of nitrogens with one attached hydrogen (secondary N) is 2. The van der Waals surface area contributed by atoms with E-state index >= 15 is 0 Å². The van der Waals surface area contributed by atoms with Crippen molar-refractivity contribution in [2.24, 2.45) is 5.41 Å². The number of rotatable bonds is 6. The Kier molecular flexibility index (Phi) is 4.68. The Morgan fingerprint density at radius 2 is 2.30 bits per heavy atom. The van der Waals surface area contributed by atoms with Gasteiger partial charge < -0.3 is 15.4 Å². The third kappa shape index (κ3) is 4.12. The lowest BCUT2D eigenvalue weighted by atomic mass is 9.54. The molecule has 1 unspecified atom stereocenters. The highest BCUT2D eigenvalue weighted by Gasteiger charge is 2.48. The van der Waals surface area contributed by atoms with Crippen LogP contribution in [0.2, 0.25) is 0 Å². The summed E-state index contributed by atoms with van der Waals surface area (Å²) in [4.78, 5) is 15.9. The molecule has 0 aliphatic heterocycles. The SMILES string of the molecule is CC(F)COc1cc(CNC(=O)NC2CC3(CCC3)C2)ccn1. The second-order valence-corrected chi connectivity index (χ2v) is 6.88. The molecule has 3 rings (SSSR count). The predicted molar refractivity (Wildman–Crippen MR) is 85.0 cm³/mol. The summed E-state index contributed by atoms with van der Waals surface area (Å²) in [6.45, 7) is 1.81.